The summed E-state index contributed by atoms with van der Waals surface area (Å²) < 4.78 is 10.5. The smallest absolute Gasteiger partial charge is 0.338 e. The highest BCUT2D eigenvalue weighted by Gasteiger charge is 2.51. The van der Waals surface area contributed by atoms with Crippen LogP contribution in [-0.2, 0) is 19.1 Å². The van der Waals surface area contributed by atoms with Crippen LogP contribution in [0.4, 0.5) is 0 Å². The predicted octanol–water partition coefficient (Wildman–Crippen LogP) is 1.21. The Bertz CT molecular complexity index is 652. The van der Waals surface area contributed by atoms with Crippen molar-refractivity contribution in [3.05, 3.63) is 28.5 Å². The highest BCUT2D eigenvalue weighted by Crippen LogP contribution is 2.39. The third kappa shape index (κ3) is 3.01. The molecule has 2 saturated heterocycles. The average molecular weight is 351 g/mol. The third-order valence-electron chi connectivity index (χ3n) is 5.83. The number of esters is 2. The highest BCUT2D eigenvalue weighted by atomic mass is 16.6. The summed E-state index contributed by atoms with van der Waals surface area (Å²) in [6, 6.07) is -0.531. The van der Waals surface area contributed by atoms with E-state index in [-0.39, 0.29) is 19.6 Å². The number of aliphatic hydroxyl groups is 1. The standard InChI is InChI=1S/C18H25NO6/c1-4-12-9-11(2)18(3,22)17(21)24-10-13-5-7-19(23)8-6-14(15(13)19)25-16(12)20/h4-5,11,14-15,22H,6-10H2,1-3H3/b12-4-/t11-,14+,15+,18-,19+/m1/s1. The predicted molar refractivity (Wildman–Crippen MR) is 88.9 cm³/mol. The largest absolute Gasteiger partial charge is 0.632 e. The van der Waals surface area contributed by atoms with Gasteiger partial charge in [0.25, 0.3) is 0 Å². The fourth-order valence-electron chi connectivity index (χ4n) is 3.91. The minimum absolute atomic E-state index is 0.0564. The molecule has 3 aliphatic rings. The molecular formula is C18H25NO6. The Hall–Kier alpha value is -1.70. The third-order valence-corrected chi connectivity index (χ3v) is 5.83. The van der Waals surface area contributed by atoms with Gasteiger partial charge in [-0.25, -0.2) is 9.59 Å². The molecule has 7 heteroatoms. The fourth-order valence-corrected chi connectivity index (χ4v) is 3.91. The van der Waals surface area contributed by atoms with Gasteiger partial charge in [0, 0.05) is 17.6 Å². The summed E-state index contributed by atoms with van der Waals surface area (Å²) in [6.45, 7) is 5.39. The number of rotatable bonds is 0. The highest BCUT2D eigenvalue weighted by molar-refractivity contribution is 5.89. The Morgan fingerprint density at radius 3 is 2.84 bits per heavy atom. The van der Waals surface area contributed by atoms with Crippen molar-refractivity contribution in [1.29, 1.82) is 0 Å². The summed E-state index contributed by atoms with van der Waals surface area (Å²) in [5.74, 6) is -1.75. The van der Waals surface area contributed by atoms with Crippen molar-refractivity contribution in [3.8, 4) is 0 Å². The first-order valence-electron chi connectivity index (χ1n) is 8.71. The van der Waals surface area contributed by atoms with Crippen molar-refractivity contribution in [2.75, 3.05) is 19.7 Å². The van der Waals surface area contributed by atoms with Crippen molar-refractivity contribution in [2.45, 2.75) is 51.4 Å². The van der Waals surface area contributed by atoms with Crippen LogP contribution in [-0.4, -0.2) is 59.1 Å². The quantitative estimate of drug-likeness (QED) is 0.232. The normalized spacial score (nSPS) is 43.6. The molecule has 0 unspecified atom stereocenters. The molecule has 7 nitrogen and oxygen atoms in total. The molecule has 0 amide bonds. The number of hydrogen-bond acceptors (Lipinski definition) is 6. The maximum Gasteiger partial charge on any atom is 0.338 e. The molecule has 3 aliphatic heterocycles. The fraction of sp³-hybridized carbons (Fsp3) is 0.667. The Morgan fingerprint density at radius 1 is 1.44 bits per heavy atom. The van der Waals surface area contributed by atoms with E-state index >= 15 is 0 Å². The summed E-state index contributed by atoms with van der Waals surface area (Å²) in [5, 5.41) is 23.5. The Labute approximate surface area is 147 Å². The molecule has 138 valence electrons. The minimum Gasteiger partial charge on any atom is -0.632 e. The van der Waals surface area contributed by atoms with Gasteiger partial charge in [0.2, 0.25) is 0 Å². The molecule has 3 rings (SSSR count). The lowest BCUT2D eigenvalue weighted by Crippen LogP contribution is -2.49. The van der Waals surface area contributed by atoms with E-state index in [9.17, 15) is 19.9 Å². The topological polar surface area (TPSA) is 95.9 Å². The molecule has 2 fully saturated rings. The summed E-state index contributed by atoms with van der Waals surface area (Å²) >= 11 is 0. The number of cyclic esters (lactones) is 1. The molecule has 25 heavy (non-hydrogen) atoms. The van der Waals surface area contributed by atoms with Crippen LogP contribution in [0, 0.1) is 11.1 Å². The molecule has 0 saturated carbocycles. The van der Waals surface area contributed by atoms with Crippen LogP contribution < -0.4 is 0 Å². The zero-order valence-electron chi connectivity index (χ0n) is 14.9. The number of allylic oxidation sites excluding steroid dienone is 1. The van der Waals surface area contributed by atoms with Crippen molar-refractivity contribution in [3.63, 3.8) is 0 Å². The van der Waals surface area contributed by atoms with E-state index in [1.54, 1.807) is 26.0 Å². The second-order valence-electron chi connectivity index (χ2n) is 7.46. The van der Waals surface area contributed by atoms with Gasteiger partial charge in [-0.15, -0.1) is 0 Å². The Morgan fingerprint density at radius 2 is 2.16 bits per heavy atom. The van der Waals surface area contributed by atoms with Crippen LogP contribution in [0.3, 0.4) is 0 Å². The molecule has 0 aromatic rings. The second-order valence-corrected chi connectivity index (χ2v) is 7.46. The van der Waals surface area contributed by atoms with Gasteiger partial charge in [-0.1, -0.05) is 13.0 Å². The van der Waals surface area contributed by atoms with Crippen molar-refractivity contribution in [2.24, 2.45) is 5.92 Å². The van der Waals surface area contributed by atoms with Crippen LogP contribution in [0.15, 0.2) is 23.3 Å². The number of carbonyl (C=O) groups excluding carboxylic acids is 2. The molecule has 0 aromatic heterocycles. The lowest BCUT2D eigenvalue weighted by atomic mass is 9.85. The number of quaternary nitrogens is 1. The molecule has 0 spiro atoms. The first-order chi connectivity index (χ1) is 11.7. The molecule has 0 bridgehead atoms. The summed E-state index contributed by atoms with van der Waals surface area (Å²) in [7, 11) is 0. The average Bonchev–Trinajstić information content (AvgIpc) is 3.05. The lowest BCUT2D eigenvalue weighted by molar-refractivity contribution is -0.877. The summed E-state index contributed by atoms with van der Waals surface area (Å²) in [4.78, 5) is 24.9. The first kappa shape index (κ1) is 18.1. The zero-order chi connectivity index (χ0) is 18.4. The Kier molecular flexibility index (Phi) is 4.51. The van der Waals surface area contributed by atoms with E-state index in [1.807, 2.05) is 0 Å². The zero-order valence-corrected chi connectivity index (χ0v) is 14.9. The van der Waals surface area contributed by atoms with Gasteiger partial charge in [-0.2, -0.15) is 0 Å². The van der Waals surface area contributed by atoms with Crippen LogP contribution in [0.5, 0.6) is 0 Å². The van der Waals surface area contributed by atoms with Crippen LogP contribution in [0.1, 0.15) is 33.6 Å². The van der Waals surface area contributed by atoms with Gasteiger partial charge >= 0.3 is 11.9 Å². The molecule has 3 heterocycles. The Balaban J connectivity index is 1.94. The first-order valence-corrected chi connectivity index (χ1v) is 8.71. The monoisotopic (exact) mass is 351 g/mol. The van der Waals surface area contributed by atoms with E-state index in [1.165, 1.54) is 6.92 Å². The SMILES string of the molecule is C/C=C1/C[C@@H](C)[C@@](C)(O)C(=O)OCC2=CC[N@+]3([O-])CC[C@H](OC1=O)[C@H]23. The van der Waals surface area contributed by atoms with Gasteiger partial charge in [-0.3, -0.25) is 0 Å². The molecule has 1 N–H and O–H groups in total. The van der Waals surface area contributed by atoms with E-state index in [0.717, 1.165) is 0 Å². The maximum absolute atomic E-state index is 12.9. The maximum atomic E-state index is 12.9. The van der Waals surface area contributed by atoms with E-state index in [4.69, 9.17) is 9.47 Å². The number of carbonyl (C=O) groups is 2. The van der Waals surface area contributed by atoms with Crippen LogP contribution >= 0.6 is 0 Å². The van der Waals surface area contributed by atoms with E-state index in [2.05, 4.69) is 0 Å². The van der Waals surface area contributed by atoms with E-state index < -0.39 is 40.2 Å². The van der Waals surface area contributed by atoms with Gasteiger partial charge in [0.15, 0.2) is 17.7 Å². The van der Waals surface area contributed by atoms with Gasteiger partial charge in [0.1, 0.15) is 6.61 Å². The van der Waals surface area contributed by atoms with Crippen LogP contribution in [0.25, 0.3) is 0 Å². The number of nitrogens with zero attached hydrogens (tertiary/aromatic N) is 1. The van der Waals surface area contributed by atoms with Gasteiger partial charge in [0.05, 0.1) is 13.1 Å². The van der Waals surface area contributed by atoms with Crippen molar-refractivity contribution >= 4 is 11.9 Å². The van der Waals surface area contributed by atoms with E-state index in [0.29, 0.717) is 24.1 Å². The van der Waals surface area contributed by atoms with Gasteiger partial charge < -0.3 is 24.4 Å². The molecule has 0 radical (unpaired) electrons. The lowest BCUT2D eigenvalue weighted by Gasteiger charge is -2.41. The van der Waals surface area contributed by atoms with Crippen LogP contribution in [0.2, 0.25) is 0 Å². The van der Waals surface area contributed by atoms with Gasteiger partial charge in [-0.05, 0) is 32.3 Å². The van der Waals surface area contributed by atoms with Crippen molar-refractivity contribution in [1.82, 2.24) is 0 Å². The molecule has 5 atom stereocenters. The summed E-state index contributed by atoms with van der Waals surface area (Å²) in [6.07, 6.45) is 3.57. The molecular weight excluding hydrogens is 326 g/mol. The number of ether oxygens (including phenoxy) is 2. The minimum atomic E-state index is -1.73. The summed E-state index contributed by atoms with van der Waals surface area (Å²) in [5.41, 5.74) is -0.670. The molecule has 0 aromatic carbocycles. The number of hydrogen-bond donors (Lipinski definition) is 1. The molecule has 0 aliphatic carbocycles. The number of hydroxylamine groups is 3. The second kappa shape index (κ2) is 6.23. The van der Waals surface area contributed by atoms with Crippen molar-refractivity contribution < 1.29 is 28.8 Å².